The predicted molar refractivity (Wildman–Crippen MR) is 93.6 cm³/mol. The summed E-state index contributed by atoms with van der Waals surface area (Å²) < 4.78 is 17.8. The van der Waals surface area contributed by atoms with E-state index >= 15 is 0 Å². The van der Waals surface area contributed by atoms with Crippen molar-refractivity contribution in [3.8, 4) is 5.75 Å². The summed E-state index contributed by atoms with van der Waals surface area (Å²) in [4.78, 5) is 2.06. The molecule has 4 heteroatoms. The van der Waals surface area contributed by atoms with Gasteiger partial charge in [-0.15, -0.1) is 0 Å². The van der Waals surface area contributed by atoms with Gasteiger partial charge in [-0.25, -0.2) is 4.39 Å². The summed E-state index contributed by atoms with van der Waals surface area (Å²) in [5.74, 6) is 0.550. The molecule has 0 saturated heterocycles. The first-order valence-electron chi connectivity index (χ1n) is 7.51. The maximum Gasteiger partial charge on any atom is 0.150 e. The van der Waals surface area contributed by atoms with Gasteiger partial charge in [0.15, 0.2) is 0 Å². The summed E-state index contributed by atoms with van der Waals surface area (Å²) in [5.41, 5.74) is 3.30. The highest BCUT2D eigenvalue weighted by Gasteiger charge is 2.07. The van der Waals surface area contributed by atoms with Crippen molar-refractivity contribution < 1.29 is 14.2 Å². The van der Waals surface area contributed by atoms with E-state index in [0.29, 0.717) is 5.75 Å². The van der Waals surface area contributed by atoms with E-state index in [1.54, 1.807) is 12.1 Å². The van der Waals surface area contributed by atoms with Crippen LogP contribution < -0.4 is 9.64 Å². The molecule has 1 unspecified atom stereocenters. The minimum Gasteiger partial charge on any atom is -0.485 e. The lowest BCUT2D eigenvalue weighted by Gasteiger charge is -2.13. The molecule has 0 aliphatic carbocycles. The van der Waals surface area contributed by atoms with Crippen molar-refractivity contribution >= 4 is 17.8 Å². The van der Waals surface area contributed by atoms with E-state index < -0.39 is 12.8 Å². The number of nitrogens with zero attached hydrogens (tertiary/aromatic N) is 1. The molecule has 0 spiro atoms. The fourth-order valence-corrected chi connectivity index (χ4v) is 2.04. The molecular formula is C19H22FNO2. The van der Waals surface area contributed by atoms with Crippen LogP contribution in [-0.4, -0.2) is 38.6 Å². The maximum atomic E-state index is 12.5. The van der Waals surface area contributed by atoms with Crippen LogP contribution in [0.1, 0.15) is 11.1 Å². The van der Waals surface area contributed by atoms with Crippen LogP contribution in [0.4, 0.5) is 10.1 Å². The minimum atomic E-state index is -0.799. The third-order valence-electron chi connectivity index (χ3n) is 3.44. The molecule has 0 aliphatic heterocycles. The van der Waals surface area contributed by atoms with Crippen LogP contribution in [0.15, 0.2) is 48.5 Å². The van der Waals surface area contributed by atoms with Crippen LogP contribution in [0, 0.1) is 0 Å². The molecule has 2 aromatic rings. The molecule has 0 amide bonds. The number of aliphatic hydroxyl groups excluding tert-OH is 1. The van der Waals surface area contributed by atoms with Crippen LogP contribution in [-0.2, 0) is 0 Å². The van der Waals surface area contributed by atoms with Gasteiger partial charge in [0.1, 0.15) is 18.5 Å². The van der Waals surface area contributed by atoms with Gasteiger partial charge in [0.05, 0.1) is 6.61 Å². The Labute approximate surface area is 136 Å². The van der Waals surface area contributed by atoms with Gasteiger partial charge in [-0.1, -0.05) is 36.4 Å². The molecule has 0 heterocycles. The second-order valence-electron chi connectivity index (χ2n) is 5.47. The van der Waals surface area contributed by atoms with Crippen LogP contribution in [0.3, 0.4) is 0 Å². The Morgan fingerprint density at radius 2 is 1.52 bits per heavy atom. The van der Waals surface area contributed by atoms with E-state index in [0.717, 1.165) is 16.8 Å². The molecule has 23 heavy (non-hydrogen) atoms. The van der Waals surface area contributed by atoms with Gasteiger partial charge in [-0.2, -0.15) is 0 Å². The van der Waals surface area contributed by atoms with Crippen molar-refractivity contribution in [1.82, 2.24) is 0 Å². The third-order valence-corrected chi connectivity index (χ3v) is 3.44. The Kier molecular flexibility index (Phi) is 6.18. The highest BCUT2D eigenvalue weighted by Crippen LogP contribution is 2.17. The summed E-state index contributed by atoms with van der Waals surface area (Å²) >= 11 is 0. The molecule has 0 fully saturated rings. The van der Waals surface area contributed by atoms with Crippen molar-refractivity contribution in [2.75, 3.05) is 32.3 Å². The van der Waals surface area contributed by atoms with Crippen LogP contribution in [0.2, 0.25) is 0 Å². The molecule has 3 nitrogen and oxygen atoms in total. The lowest BCUT2D eigenvalue weighted by molar-refractivity contribution is 0.0931. The minimum absolute atomic E-state index is 0.332. The van der Waals surface area contributed by atoms with Gasteiger partial charge in [0.2, 0.25) is 0 Å². The van der Waals surface area contributed by atoms with Gasteiger partial charge in [-0.3, -0.25) is 0 Å². The Morgan fingerprint density at radius 3 is 1.96 bits per heavy atom. The Hall–Kier alpha value is -2.33. The van der Waals surface area contributed by atoms with Gasteiger partial charge < -0.3 is 14.7 Å². The largest absolute Gasteiger partial charge is 0.485 e. The molecule has 0 aliphatic rings. The van der Waals surface area contributed by atoms with Crippen molar-refractivity contribution in [3.05, 3.63) is 59.7 Å². The molecule has 1 N–H and O–H groups in total. The first kappa shape index (κ1) is 17.0. The average molecular weight is 315 g/mol. The fraction of sp³-hybridized carbons (Fsp3) is 0.263. The molecule has 1 atom stereocenters. The summed E-state index contributed by atoms with van der Waals surface area (Å²) in [7, 11) is 4.03. The first-order chi connectivity index (χ1) is 11.1. The normalized spacial score (nSPS) is 12.3. The number of hydrogen-bond acceptors (Lipinski definition) is 3. The molecule has 0 radical (unpaired) electrons. The van der Waals surface area contributed by atoms with Gasteiger partial charge in [0, 0.05) is 19.8 Å². The Balaban J connectivity index is 1.99. The number of rotatable bonds is 7. The van der Waals surface area contributed by atoms with Crippen LogP contribution in [0.25, 0.3) is 12.2 Å². The number of benzene rings is 2. The smallest absolute Gasteiger partial charge is 0.150 e. The topological polar surface area (TPSA) is 32.7 Å². The number of hydrogen-bond donors (Lipinski definition) is 1. The SMILES string of the molecule is CN(C)c1ccc(C=Cc2ccc(OC(CO)CF)cc2)cc1. The summed E-state index contributed by atoms with van der Waals surface area (Å²) in [6, 6.07) is 15.6. The average Bonchev–Trinajstić information content (AvgIpc) is 2.59. The summed E-state index contributed by atoms with van der Waals surface area (Å²) in [5, 5.41) is 8.93. The quantitative estimate of drug-likeness (QED) is 0.792. The Bertz CT molecular complexity index is 617. The van der Waals surface area contributed by atoms with Gasteiger partial charge in [0.25, 0.3) is 0 Å². The number of ether oxygens (including phenoxy) is 1. The molecule has 2 aromatic carbocycles. The lowest BCUT2D eigenvalue weighted by Crippen LogP contribution is -2.23. The second-order valence-corrected chi connectivity index (χ2v) is 5.47. The van der Waals surface area contributed by atoms with E-state index in [-0.39, 0.29) is 6.61 Å². The van der Waals surface area contributed by atoms with E-state index in [2.05, 4.69) is 29.2 Å². The zero-order chi connectivity index (χ0) is 16.7. The highest BCUT2D eigenvalue weighted by molar-refractivity contribution is 5.70. The summed E-state index contributed by atoms with van der Waals surface area (Å²) in [6.45, 7) is -1.04. The fourth-order valence-electron chi connectivity index (χ4n) is 2.04. The van der Waals surface area contributed by atoms with Crippen molar-refractivity contribution in [2.45, 2.75) is 6.10 Å². The van der Waals surface area contributed by atoms with E-state index in [9.17, 15) is 4.39 Å². The zero-order valence-corrected chi connectivity index (χ0v) is 13.4. The van der Waals surface area contributed by atoms with Gasteiger partial charge >= 0.3 is 0 Å². The van der Waals surface area contributed by atoms with Crippen molar-refractivity contribution in [1.29, 1.82) is 0 Å². The standard InChI is InChI=1S/C19H22FNO2/c1-21(2)17-9-5-15(6-10-17)3-4-16-7-11-18(12-8-16)23-19(13-20)14-22/h3-12,19,22H,13-14H2,1-2H3. The third kappa shape index (κ3) is 5.11. The first-order valence-corrected chi connectivity index (χ1v) is 7.51. The second kappa shape index (κ2) is 8.34. The van der Waals surface area contributed by atoms with Crippen molar-refractivity contribution in [2.24, 2.45) is 0 Å². The van der Waals surface area contributed by atoms with Crippen LogP contribution >= 0.6 is 0 Å². The number of anilines is 1. The molecule has 2 rings (SSSR count). The molecular weight excluding hydrogens is 293 g/mol. The number of alkyl halides is 1. The molecule has 0 saturated carbocycles. The Morgan fingerprint density at radius 1 is 1.00 bits per heavy atom. The monoisotopic (exact) mass is 315 g/mol. The summed E-state index contributed by atoms with van der Waals surface area (Å²) in [6.07, 6.45) is 3.24. The number of aliphatic hydroxyl groups is 1. The maximum absolute atomic E-state index is 12.5. The van der Waals surface area contributed by atoms with E-state index in [1.807, 2.05) is 38.4 Å². The predicted octanol–water partition coefficient (Wildman–Crippen LogP) is 3.63. The molecule has 0 aromatic heterocycles. The van der Waals surface area contributed by atoms with E-state index in [1.165, 1.54) is 0 Å². The molecule has 122 valence electrons. The van der Waals surface area contributed by atoms with E-state index in [4.69, 9.17) is 9.84 Å². The lowest BCUT2D eigenvalue weighted by atomic mass is 10.1. The zero-order valence-electron chi connectivity index (χ0n) is 13.4. The molecule has 0 bridgehead atoms. The van der Waals surface area contributed by atoms with Crippen molar-refractivity contribution in [3.63, 3.8) is 0 Å². The van der Waals surface area contributed by atoms with Gasteiger partial charge in [-0.05, 0) is 35.4 Å². The number of halogens is 1. The highest BCUT2D eigenvalue weighted by atomic mass is 19.1. The van der Waals surface area contributed by atoms with Crippen LogP contribution in [0.5, 0.6) is 5.75 Å².